The molecule has 1 aliphatic heterocycles. The van der Waals surface area contributed by atoms with Gasteiger partial charge < -0.3 is 10.2 Å². The maximum atomic E-state index is 12.9. The van der Waals surface area contributed by atoms with Crippen molar-refractivity contribution in [3.63, 3.8) is 0 Å². The third-order valence-electron chi connectivity index (χ3n) is 5.03. The number of hydrogen-bond acceptors (Lipinski definition) is 4. The van der Waals surface area contributed by atoms with E-state index in [2.05, 4.69) is 5.32 Å². The van der Waals surface area contributed by atoms with E-state index in [4.69, 9.17) is 11.6 Å². The Balaban J connectivity index is 1.68. The summed E-state index contributed by atoms with van der Waals surface area (Å²) in [4.78, 5) is 26.8. The summed E-state index contributed by atoms with van der Waals surface area (Å²) in [5, 5.41) is 3.00. The molecule has 0 spiro atoms. The SMILES string of the molecule is CC(C)(C)C(=O)Nc1cccc(C(=O)N2CCN(S(=O)(=O)c3ccccc3Cl)CC2)c1. The van der Waals surface area contributed by atoms with Crippen molar-refractivity contribution in [2.24, 2.45) is 5.41 Å². The number of amides is 2. The fourth-order valence-electron chi connectivity index (χ4n) is 3.16. The lowest BCUT2D eigenvalue weighted by atomic mass is 9.95. The molecule has 0 radical (unpaired) electrons. The van der Waals surface area contributed by atoms with Gasteiger partial charge in [0.25, 0.3) is 5.91 Å². The Morgan fingerprint density at radius 1 is 0.968 bits per heavy atom. The summed E-state index contributed by atoms with van der Waals surface area (Å²) in [5.41, 5.74) is 0.434. The van der Waals surface area contributed by atoms with Gasteiger partial charge in [0, 0.05) is 42.8 Å². The van der Waals surface area contributed by atoms with Gasteiger partial charge in [-0.2, -0.15) is 4.31 Å². The van der Waals surface area contributed by atoms with Crippen LogP contribution in [0, 0.1) is 5.41 Å². The van der Waals surface area contributed by atoms with Crippen molar-refractivity contribution in [3.8, 4) is 0 Å². The standard InChI is InChI=1S/C22H26ClN3O4S/c1-22(2,3)21(28)24-17-8-6-7-16(15-17)20(27)25-11-13-26(14-12-25)31(29,30)19-10-5-4-9-18(19)23/h4-10,15H,11-14H2,1-3H3,(H,24,28). The Labute approximate surface area is 188 Å². The second-order valence-electron chi connectivity index (χ2n) is 8.41. The van der Waals surface area contributed by atoms with E-state index in [1.54, 1.807) is 47.4 Å². The molecule has 2 amide bonds. The Hall–Kier alpha value is -2.42. The second-order valence-corrected chi connectivity index (χ2v) is 10.7. The van der Waals surface area contributed by atoms with Gasteiger partial charge in [-0.25, -0.2) is 8.42 Å². The monoisotopic (exact) mass is 463 g/mol. The van der Waals surface area contributed by atoms with Crippen molar-refractivity contribution in [1.29, 1.82) is 0 Å². The molecule has 1 fully saturated rings. The molecule has 166 valence electrons. The zero-order valence-corrected chi connectivity index (χ0v) is 19.3. The normalized spacial score (nSPS) is 15.5. The largest absolute Gasteiger partial charge is 0.336 e. The Morgan fingerprint density at radius 3 is 2.23 bits per heavy atom. The van der Waals surface area contributed by atoms with Crippen molar-refractivity contribution >= 4 is 39.1 Å². The molecule has 0 aromatic heterocycles. The molecule has 2 aromatic carbocycles. The van der Waals surface area contributed by atoms with E-state index in [0.717, 1.165) is 0 Å². The van der Waals surface area contributed by atoms with Crippen molar-refractivity contribution in [3.05, 3.63) is 59.1 Å². The van der Waals surface area contributed by atoms with E-state index in [9.17, 15) is 18.0 Å². The summed E-state index contributed by atoms with van der Waals surface area (Å²) >= 11 is 6.07. The molecule has 0 atom stereocenters. The molecule has 0 aliphatic carbocycles. The zero-order chi connectivity index (χ0) is 22.8. The number of carbonyl (C=O) groups excluding carboxylic acids is 2. The third kappa shape index (κ3) is 5.26. The van der Waals surface area contributed by atoms with Crippen molar-refractivity contribution in [2.45, 2.75) is 25.7 Å². The van der Waals surface area contributed by atoms with E-state index in [-0.39, 0.29) is 47.9 Å². The summed E-state index contributed by atoms with van der Waals surface area (Å²) in [5.74, 6) is -0.350. The van der Waals surface area contributed by atoms with E-state index in [1.807, 2.05) is 20.8 Å². The molecule has 9 heteroatoms. The molecule has 0 saturated carbocycles. The fourth-order valence-corrected chi connectivity index (χ4v) is 5.07. The molecule has 1 aliphatic rings. The van der Waals surface area contributed by atoms with Gasteiger partial charge in [0.15, 0.2) is 0 Å². The molecule has 7 nitrogen and oxygen atoms in total. The predicted molar refractivity (Wildman–Crippen MR) is 121 cm³/mol. The van der Waals surface area contributed by atoms with Gasteiger partial charge in [0.05, 0.1) is 5.02 Å². The number of nitrogens with zero attached hydrogens (tertiary/aromatic N) is 2. The molecule has 1 N–H and O–H groups in total. The van der Waals surface area contributed by atoms with Crippen LogP contribution in [-0.4, -0.2) is 55.6 Å². The predicted octanol–water partition coefficient (Wildman–Crippen LogP) is 3.47. The van der Waals surface area contributed by atoms with E-state index >= 15 is 0 Å². The van der Waals surface area contributed by atoms with Gasteiger partial charge in [-0.05, 0) is 30.3 Å². The second kappa shape index (κ2) is 8.98. The molecule has 31 heavy (non-hydrogen) atoms. The lowest BCUT2D eigenvalue weighted by Gasteiger charge is -2.34. The minimum atomic E-state index is -3.72. The summed E-state index contributed by atoms with van der Waals surface area (Å²) in [6.07, 6.45) is 0. The number of halogens is 1. The van der Waals surface area contributed by atoms with Crippen LogP contribution in [0.5, 0.6) is 0 Å². The zero-order valence-electron chi connectivity index (χ0n) is 17.8. The van der Waals surface area contributed by atoms with Crippen LogP contribution in [0.15, 0.2) is 53.4 Å². The first-order valence-electron chi connectivity index (χ1n) is 9.95. The number of anilines is 1. The number of carbonyl (C=O) groups is 2. The van der Waals surface area contributed by atoms with Gasteiger partial charge in [-0.1, -0.05) is 50.6 Å². The van der Waals surface area contributed by atoms with Crippen LogP contribution < -0.4 is 5.32 Å². The number of sulfonamides is 1. The summed E-state index contributed by atoms with van der Waals surface area (Å²) in [6, 6.07) is 13.1. The number of nitrogens with one attached hydrogen (secondary N) is 1. The lowest BCUT2D eigenvalue weighted by molar-refractivity contribution is -0.123. The van der Waals surface area contributed by atoms with Crippen LogP contribution in [-0.2, 0) is 14.8 Å². The van der Waals surface area contributed by atoms with Gasteiger partial charge in [0.2, 0.25) is 15.9 Å². The first-order chi connectivity index (χ1) is 14.5. The van der Waals surface area contributed by atoms with Crippen LogP contribution in [0.4, 0.5) is 5.69 Å². The molecular formula is C22H26ClN3O4S. The van der Waals surface area contributed by atoms with Crippen LogP contribution >= 0.6 is 11.6 Å². The smallest absolute Gasteiger partial charge is 0.254 e. The van der Waals surface area contributed by atoms with Gasteiger partial charge in [0.1, 0.15) is 4.90 Å². The van der Waals surface area contributed by atoms with Crippen LogP contribution in [0.2, 0.25) is 5.02 Å². The fraction of sp³-hybridized carbons (Fsp3) is 0.364. The van der Waals surface area contributed by atoms with E-state index in [1.165, 1.54) is 10.4 Å². The van der Waals surface area contributed by atoms with Crippen LogP contribution in [0.25, 0.3) is 0 Å². The van der Waals surface area contributed by atoms with E-state index in [0.29, 0.717) is 11.3 Å². The van der Waals surface area contributed by atoms with Crippen molar-refractivity contribution < 1.29 is 18.0 Å². The van der Waals surface area contributed by atoms with Crippen LogP contribution in [0.3, 0.4) is 0 Å². The number of benzene rings is 2. The average Bonchev–Trinajstić information content (AvgIpc) is 2.73. The molecule has 0 bridgehead atoms. The highest BCUT2D eigenvalue weighted by molar-refractivity contribution is 7.89. The maximum absolute atomic E-state index is 12.9. The minimum absolute atomic E-state index is 0.0683. The average molecular weight is 464 g/mol. The van der Waals surface area contributed by atoms with E-state index < -0.39 is 15.4 Å². The Kier molecular flexibility index (Phi) is 6.73. The molecule has 0 unspecified atom stereocenters. The van der Waals surface area contributed by atoms with Gasteiger partial charge in [-0.15, -0.1) is 0 Å². The molecule has 1 saturated heterocycles. The maximum Gasteiger partial charge on any atom is 0.254 e. The minimum Gasteiger partial charge on any atom is -0.336 e. The number of rotatable bonds is 4. The first kappa shape index (κ1) is 23.2. The Bertz CT molecular complexity index is 1090. The molecule has 2 aromatic rings. The highest BCUT2D eigenvalue weighted by Crippen LogP contribution is 2.25. The molecular weight excluding hydrogens is 438 g/mol. The van der Waals surface area contributed by atoms with Gasteiger partial charge >= 0.3 is 0 Å². The summed E-state index contributed by atoms with van der Waals surface area (Å²) in [7, 11) is -3.72. The van der Waals surface area contributed by atoms with Crippen LogP contribution in [0.1, 0.15) is 31.1 Å². The third-order valence-corrected chi connectivity index (χ3v) is 7.43. The quantitative estimate of drug-likeness (QED) is 0.752. The highest BCUT2D eigenvalue weighted by atomic mass is 35.5. The topological polar surface area (TPSA) is 86.8 Å². The van der Waals surface area contributed by atoms with Gasteiger partial charge in [-0.3, -0.25) is 9.59 Å². The van der Waals surface area contributed by atoms with Crippen molar-refractivity contribution in [2.75, 3.05) is 31.5 Å². The number of piperazine rings is 1. The lowest BCUT2D eigenvalue weighted by Crippen LogP contribution is -2.50. The summed E-state index contributed by atoms with van der Waals surface area (Å²) in [6.45, 7) is 6.33. The number of hydrogen-bond donors (Lipinski definition) is 1. The van der Waals surface area contributed by atoms with Crippen molar-refractivity contribution in [1.82, 2.24) is 9.21 Å². The molecule has 1 heterocycles. The first-order valence-corrected chi connectivity index (χ1v) is 11.8. The molecule has 3 rings (SSSR count). The highest BCUT2D eigenvalue weighted by Gasteiger charge is 2.31. The summed E-state index contributed by atoms with van der Waals surface area (Å²) < 4.78 is 27.1. The Morgan fingerprint density at radius 2 is 1.61 bits per heavy atom.